The zero-order valence-corrected chi connectivity index (χ0v) is 11.4. The first-order valence-electron chi connectivity index (χ1n) is 6.49. The average molecular weight is 280 g/mol. The van der Waals surface area contributed by atoms with Gasteiger partial charge in [0.25, 0.3) is 5.91 Å². The number of cyclic esters (lactones) is 1. The third-order valence-electron chi connectivity index (χ3n) is 3.68. The van der Waals surface area contributed by atoms with Gasteiger partial charge in [0, 0.05) is 32.6 Å². The van der Waals surface area contributed by atoms with Crippen LogP contribution in [0.1, 0.15) is 16.1 Å². The lowest BCUT2D eigenvalue weighted by Gasteiger charge is -2.36. The zero-order chi connectivity index (χ0) is 13.2. The van der Waals surface area contributed by atoms with Crippen LogP contribution in [-0.2, 0) is 9.53 Å². The Kier molecular flexibility index (Phi) is 3.52. The van der Waals surface area contributed by atoms with Crippen LogP contribution in [0, 0.1) is 0 Å². The molecule has 3 rings (SSSR count). The Hall–Kier alpha value is -1.40. The number of rotatable bonds is 2. The van der Waals surface area contributed by atoms with Crippen molar-refractivity contribution in [2.75, 3.05) is 32.8 Å². The van der Waals surface area contributed by atoms with Crippen molar-refractivity contribution in [3.63, 3.8) is 0 Å². The SMILES string of the molecule is O=C1OCCC1N1CCN(C(=O)c2cccs2)CC1. The monoisotopic (exact) mass is 280 g/mol. The molecule has 1 aromatic rings. The molecular formula is C13H16N2O3S. The van der Waals surface area contributed by atoms with Gasteiger partial charge in [0.05, 0.1) is 11.5 Å². The fraction of sp³-hybridized carbons (Fsp3) is 0.538. The molecule has 0 aliphatic carbocycles. The smallest absolute Gasteiger partial charge is 0.323 e. The quantitative estimate of drug-likeness (QED) is 0.753. The molecule has 3 heterocycles. The lowest BCUT2D eigenvalue weighted by atomic mass is 10.2. The summed E-state index contributed by atoms with van der Waals surface area (Å²) in [4.78, 5) is 28.5. The Bertz CT molecular complexity index is 466. The lowest BCUT2D eigenvalue weighted by Crippen LogP contribution is -2.52. The van der Waals surface area contributed by atoms with Gasteiger partial charge in [-0.25, -0.2) is 0 Å². The molecule has 0 aromatic carbocycles. The van der Waals surface area contributed by atoms with E-state index in [1.54, 1.807) is 0 Å². The van der Waals surface area contributed by atoms with Crippen molar-refractivity contribution >= 4 is 23.2 Å². The molecule has 0 spiro atoms. The molecule has 102 valence electrons. The standard InChI is InChI=1S/C13H16N2O3S/c16-12(11-2-1-9-19-11)15-6-4-14(5-7-15)10-3-8-18-13(10)17/h1-2,9-10H,3-8H2. The first-order valence-corrected chi connectivity index (χ1v) is 7.37. The van der Waals surface area contributed by atoms with Gasteiger partial charge in [0.1, 0.15) is 6.04 Å². The second kappa shape index (κ2) is 5.30. The van der Waals surface area contributed by atoms with Crippen LogP contribution in [0.4, 0.5) is 0 Å². The van der Waals surface area contributed by atoms with E-state index in [0.717, 1.165) is 24.4 Å². The highest BCUT2D eigenvalue weighted by atomic mass is 32.1. The second-order valence-corrected chi connectivity index (χ2v) is 5.73. The molecule has 1 amide bonds. The van der Waals surface area contributed by atoms with Gasteiger partial charge in [-0.15, -0.1) is 11.3 Å². The molecule has 2 aliphatic heterocycles. The maximum atomic E-state index is 12.2. The molecule has 2 fully saturated rings. The van der Waals surface area contributed by atoms with Gasteiger partial charge in [0.2, 0.25) is 0 Å². The molecule has 0 bridgehead atoms. The molecule has 1 aromatic heterocycles. The maximum Gasteiger partial charge on any atom is 0.323 e. The number of amides is 1. The maximum absolute atomic E-state index is 12.2. The predicted octanol–water partition coefficient (Wildman–Crippen LogP) is 0.821. The molecule has 0 N–H and O–H groups in total. The molecule has 2 aliphatic rings. The number of hydrogen-bond acceptors (Lipinski definition) is 5. The largest absolute Gasteiger partial charge is 0.464 e. The van der Waals surface area contributed by atoms with E-state index in [2.05, 4.69) is 4.90 Å². The predicted molar refractivity (Wildman–Crippen MR) is 71.2 cm³/mol. The first kappa shape index (κ1) is 12.6. The van der Waals surface area contributed by atoms with Crippen LogP contribution in [0.15, 0.2) is 17.5 Å². The van der Waals surface area contributed by atoms with E-state index in [4.69, 9.17) is 4.74 Å². The normalized spacial score (nSPS) is 24.5. The van der Waals surface area contributed by atoms with Crippen LogP contribution >= 0.6 is 11.3 Å². The molecule has 1 unspecified atom stereocenters. The molecular weight excluding hydrogens is 264 g/mol. The number of thiophene rings is 1. The van der Waals surface area contributed by atoms with Crippen molar-refractivity contribution in [2.24, 2.45) is 0 Å². The summed E-state index contributed by atoms with van der Waals surface area (Å²) in [6.45, 7) is 3.38. The Balaban J connectivity index is 1.57. The van der Waals surface area contributed by atoms with Crippen LogP contribution in [0.5, 0.6) is 0 Å². The number of carbonyl (C=O) groups is 2. The van der Waals surface area contributed by atoms with Gasteiger partial charge < -0.3 is 9.64 Å². The minimum absolute atomic E-state index is 0.0982. The van der Waals surface area contributed by atoms with E-state index in [0.29, 0.717) is 19.7 Å². The van der Waals surface area contributed by atoms with Crippen molar-refractivity contribution in [1.82, 2.24) is 9.80 Å². The fourth-order valence-corrected chi connectivity index (χ4v) is 3.30. The average Bonchev–Trinajstić information content (AvgIpc) is 3.09. The number of ether oxygens (including phenoxy) is 1. The summed E-state index contributed by atoms with van der Waals surface area (Å²) >= 11 is 1.47. The van der Waals surface area contributed by atoms with E-state index < -0.39 is 0 Å². The summed E-state index contributed by atoms with van der Waals surface area (Å²) in [6, 6.07) is 3.65. The summed E-state index contributed by atoms with van der Waals surface area (Å²) in [5.41, 5.74) is 0. The summed E-state index contributed by atoms with van der Waals surface area (Å²) in [5.74, 6) is -0.0123. The number of hydrogen-bond donors (Lipinski definition) is 0. The molecule has 1 atom stereocenters. The van der Waals surface area contributed by atoms with Gasteiger partial charge >= 0.3 is 5.97 Å². The minimum Gasteiger partial charge on any atom is -0.464 e. The molecule has 2 saturated heterocycles. The Morgan fingerprint density at radius 3 is 2.68 bits per heavy atom. The highest BCUT2D eigenvalue weighted by molar-refractivity contribution is 7.12. The highest BCUT2D eigenvalue weighted by Gasteiger charge is 2.34. The molecule has 19 heavy (non-hydrogen) atoms. The Labute approximate surface area is 115 Å². The van der Waals surface area contributed by atoms with Gasteiger partial charge in [-0.05, 0) is 11.4 Å². The lowest BCUT2D eigenvalue weighted by molar-refractivity contribution is -0.142. The third-order valence-corrected chi connectivity index (χ3v) is 4.54. The van der Waals surface area contributed by atoms with Crippen molar-refractivity contribution in [2.45, 2.75) is 12.5 Å². The van der Waals surface area contributed by atoms with Crippen LogP contribution in [0.25, 0.3) is 0 Å². The zero-order valence-electron chi connectivity index (χ0n) is 10.6. The number of nitrogens with zero attached hydrogens (tertiary/aromatic N) is 2. The van der Waals surface area contributed by atoms with Crippen LogP contribution in [0.2, 0.25) is 0 Å². The molecule has 5 nitrogen and oxygen atoms in total. The second-order valence-electron chi connectivity index (χ2n) is 4.78. The third kappa shape index (κ3) is 2.50. The van der Waals surface area contributed by atoms with Gasteiger partial charge in [-0.3, -0.25) is 14.5 Å². The molecule has 6 heteroatoms. The Morgan fingerprint density at radius 1 is 1.32 bits per heavy atom. The van der Waals surface area contributed by atoms with Crippen LogP contribution < -0.4 is 0 Å². The van der Waals surface area contributed by atoms with E-state index in [-0.39, 0.29) is 17.9 Å². The van der Waals surface area contributed by atoms with Gasteiger partial charge in [0.15, 0.2) is 0 Å². The van der Waals surface area contributed by atoms with E-state index in [1.807, 2.05) is 22.4 Å². The minimum atomic E-state index is -0.113. The molecule has 0 saturated carbocycles. The summed E-state index contributed by atoms with van der Waals surface area (Å²) in [5, 5.41) is 1.91. The van der Waals surface area contributed by atoms with Gasteiger partial charge in [-0.1, -0.05) is 6.07 Å². The molecule has 0 radical (unpaired) electrons. The summed E-state index contributed by atoms with van der Waals surface area (Å²) < 4.78 is 4.99. The Morgan fingerprint density at radius 2 is 2.11 bits per heavy atom. The number of carbonyl (C=O) groups excluding carboxylic acids is 2. The fourth-order valence-electron chi connectivity index (χ4n) is 2.61. The number of esters is 1. The van der Waals surface area contributed by atoms with Crippen molar-refractivity contribution < 1.29 is 14.3 Å². The van der Waals surface area contributed by atoms with Gasteiger partial charge in [-0.2, -0.15) is 0 Å². The first-order chi connectivity index (χ1) is 9.25. The van der Waals surface area contributed by atoms with Crippen molar-refractivity contribution in [3.8, 4) is 0 Å². The number of piperazine rings is 1. The van der Waals surface area contributed by atoms with E-state index in [1.165, 1.54) is 11.3 Å². The summed E-state index contributed by atoms with van der Waals surface area (Å²) in [7, 11) is 0. The highest BCUT2D eigenvalue weighted by Crippen LogP contribution is 2.18. The summed E-state index contributed by atoms with van der Waals surface area (Å²) in [6.07, 6.45) is 0.776. The topological polar surface area (TPSA) is 49.9 Å². The van der Waals surface area contributed by atoms with E-state index >= 15 is 0 Å². The van der Waals surface area contributed by atoms with Crippen molar-refractivity contribution in [3.05, 3.63) is 22.4 Å². The van der Waals surface area contributed by atoms with E-state index in [9.17, 15) is 9.59 Å². The van der Waals surface area contributed by atoms with Crippen LogP contribution in [0.3, 0.4) is 0 Å². The van der Waals surface area contributed by atoms with Crippen molar-refractivity contribution in [1.29, 1.82) is 0 Å². The van der Waals surface area contributed by atoms with Crippen LogP contribution in [-0.4, -0.2) is 60.5 Å².